The zero-order valence-corrected chi connectivity index (χ0v) is 41.1. The van der Waals surface area contributed by atoms with Crippen LogP contribution in [0.5, 0.6) is 0 Å². The number of ether oxygens (including phenoxy) is 2. The van der Waals surface area contributed by atoms with Gasteiger partial charge in [0.2, 0.25) is 16.3 Å². The second-order valence-corrected chi connectivity index (χ2v) is 18.0. The molecule has 1 rings (SSSR count). The number of hydrogen-bond acceptors (Lipinski definition) is 11. The van der Waals surface area contributed by atoms with Crippen LogP contribution in [0.25, 0.3) is 0 Å². The molecule has 1 fully saturated rings. The molecule has 14 heteroatoms. The SMILES string of the molecule is CCCCCCCCCCCCC/C=C/[C@@H](O)[C@H](CO[C@@H]1O[C@H](CO)[C@H](O)[C@H](OS(=O)(=O)[O-])[C@H]1O)NC(=O)CCCCCCCCCCCCCCCCCCCCC.[Na+]. The molecule has 1 aliphatic heterocycles. The number of carbonyl (C=O) groups is 1. The van der Waals surface area contributed by atoms with Gasteiger partial charge < -0.3 is 39.8 Å². The number of unbranched alkanes of at least 4 members (excludes halogenated alkanes) is 29. The molecule has 1 aliphatic rings. The third kappa shape index (κ3) is 32.5. The Morgan fingerprint density at radius 2 is 1.08 bits per heavy atom. The summed E-state index contributed by atoms with van der Waals surface area (Å²) in [4.78, 5) is 13.0. The first kappa shape index (κ1) is 59.8. The molecule has 350 valence electrons. The van der Waals surface area contributed by atoms with E-state index in [1.54, 1.807) is 6.08 Å². The summed E-state index contributed by atoms with van der Waals surface area (Å²) in [7, 11) is -5.33. The van der Waals surface area contributed by atoms with Crippen LogP contribution >= 0.6 is 0 Å². The van der Waals surface area contributed by atoms with E-state index in [0.717, 1.165) is 38.5 Å². The summed E-state index contributed by atoms with van der Waals surface area (Å²) in [6.45, 7) is 3.36. The summed E-state index contributed by atoms with van der Waals surface area (Å²) in [6.07, 6.45) is 32.2. The fourth-order valence-corrected chi connectivity index (χ4v) is 8.30. The third-order valence-electron chi connectivity index (χ3n) is 11.6. The van der Waals surface area contributed by atoms with Crippen molar-refractivity contribution in [1.29, 1.82) is 0 Å². The molecule has 0 saturated carbocycles. The molecule has 0 unspecified atom stereocenters. The number of rotatable bonds is 41. The molecule has 1 saturated heterocycles. The Kier molecular flexibility index (Phi) is 40.2. The van der Waals surface area contributed by atoms with Crippen molar-refractivity contribution in [2.24, 2.45) is 0 Å². The molecule has 12 nitrogen and oxygen atoms in total. The Morgan fingerprint density at radius 1 is 0.683 bits per heavy atom. The fraction of sp³-hybridized carbons (Fsp3) is 0.935. The Balaban J connectivity index is 0.0000348. The summed E-state index contributed by atoms with van der Waals surface area (Å²) in [5.41, 5.74) is 0. The maximum Gasteiger partial charge on any atom is 1.00 e. The van der Waals surface area contributed by atoms with E-state index in [-0.39, 0.29) is 48.5 Å². The van der Waals surface area contributed by atoms with Crippen LogP contribution in [-0.4, -0.2) is 95.4 Å². The second kappa shape index (κ2) is 40.4. The van der Waals surface area contributed by atoms with Crippen LogP contribution in [0.2, 0.25) is 0 Å². The predicted octanol–water partition coefficient (Wildman–Crippen LogP) is 6.22. The Bertz CT molecular complexity index is 1120. The average molecular weight is 886 g/mol. The number of aliphatic hydroxyl groups is 4. The van der Waals surface area contributed by atoms with Gasteiger partial charge in [-0.2, -0.15) is 0 Å². The van der Waals surface area contributed by atoms with Crippen molar-refractivity contribution >= 4 is 16.3 Å². The zero-order chi connectivity index (χ0) is 43.4. The predicted molar refractivity (Wildman–Crippen MR) is 234 cm³/mol. The number of hydrogen-bond donors (Lipinski definition) is 5. The Morgan fingerprint density at radius 3 is 1.48 bits per heavy atom. The smallest absolute Gasteiger partial charge is 0.726 e. The van der Waals surface area contributed by atoms with Crippen LogP contribution < -0.4 is 34.9 Å². The van der Waals surface area contributed by atoms with Crippen molar-refractivity contribution in [2.75, 3.05) is 13.2 Å². The number of amides is 1. The normalized spacial score (nSPS) is 20.6. The third-order valence-corrected chi connectivity index (χ3v) is 12.0. The first-order valence-electron chi connectivity index (χ1n) is 24.1. The minimum Gasteiger partial charge on any atom is -0.726 e. The van der Waals surface area contributed by atoms with Gasteiger partial charge in [0.25, 0.3) is 0 Å². The molecule has 7 atom stereocenters. The fourth-order valence-electron chi connectivity index (χ4n) is 7.80. The molecular formula is C46H88NNaO11S. The van der Waals surface area contributed by atoms with Gasteiger partial charge in [-0.15, -0.1) is 0 Å². The maximum absolute atomic E-state index is 13.0. The van der Waals surface area contributed by atoms with Crippen molar-refractivity contribution in [3.8, 4) is 0 Å². The molecule has 0 radical (unpaired) electrons. The van der Waals surface area contributed by atoms with Gasteiger partial charge in [0.1, 0.15) is 24.4 Å². The minimum atomic E-state index is -5.33. The van der Waals surface area contributed by atoms with Gasteiger partial charge in [-0.05, 0) is 19.3 Å². The van der Waals surface area contributed by atoms with Crippen molar-refractivity contribution in [1.82, 2.24) is 5.32 Å². The van der Waals surface area contributed by atoms with Gasteiger partial charge in [-0.1, -0.05) is 206 Å². The quantitative estimate of drug-likeness (QED) is 0.0154. The van der Waals surface area contributed by atoms with E-state index >= 15 is 0 Å². The Hall–Kier alpha value is -0.160. The molecule has 0 bridgehead atoms. The van der Waals surface area contributed by atoms with Crippen LogP contribution in [0.1, 0.15) is 219 Å². The topological polar surface area (TPSA) is 195 Å². The maximum atomic E-state index is 13.0. The summed E-state index contributed by atoms with van der Waals surface area (Å²) in [5, 5.41) is 44.6. The average Bonchev–Trinajstić information content (AvgIpc) is 3.20. The molecule has 60 heavy (non-hydrogen) atoms. The molecule has 0 aromatic carbocycles. The minimum absolute atomic E-state index is 0. The summed E-state index contributed by atoms with van der Waals surface area (Å²) < 4.78 is 49.3. The molecule has 0 spiro atoms. The van der Waals surface area contributed by atoms with Crippen LogP contribution in [0.15, 0.2) is 12.2 Å². The van der Waals surface area contributed by atoms with Crippen LogP contribution in [-0.2, 0) is 28.9 Å². The van der Waals surface area contributed by atoms with E-state index in [0.29, 0.717) is 6.42 Å². The first-order valence-corrected chi connectivity index (χ1v) is 25.4. The Labute approximate surface area is 388 Å². The van der Waals surface area contributed by atoms with Crippen LogP contribution in [0, 0.1) is 0 Å². The largest absolute Gasteiger partial charge is 1.00 e. The van der Waals surface area contributed by atoms with Crippen molar-refractivity contribution in [2.45, 2.75) is 262 Å². The number of aliphatic hydroxyl groups excluding tert-OH is 4. The van der Waals surface area contributed by atoms with Crippen molar-refractivity contribution in [3.63, 3.8) is 0 Å². The van der Waals surface area contributed by atoms with Gasteiger partial charge in [0, 0.05) is 6.42 Å². The van der Waals surface area contributed by atoms with Gasteiger partial charge in [-0.3, -0.25) is 8.98 Å². The van der Waals surface area contributed by atoms with Gasteiger partial charge in [-0.25, -0.2) is 8.42 Å². The van der Waals surface area contributed by atoms with E-state index in [9.17, 15) is 38.2 Å². The van der Waals surface area contributed by atoms with Crippen LogP contribution in [0.3, 0.4) is 0 Å². The van der Waals surface area contributed by atoms with E-state index < -0.39 is 59.9 Å². The van der Waals surface area contributed by atoms with E-state index in [2.05, 4.69) is 23.3 Å². The zero-order valence-electron chi connectivity index (χ0n) is 38.3. The summed E-state index contributed by atoms with van der Waals surface area (Å²) >= 11 is 0. The molecule has 5 N–H and O–H groups in total. The first-order chi connectivity index (χ1) is 28.5. The van der Waals surface area contributed by atoms with Crippen molar-refractivity contribution < 1.29 is 81.4 Å². The van der Waals surface area contributed by atoms with Crippen LogP contribution in [0.4, 0.5) is 0 Å². The number of carbonyl (C=O) groups excluding carboxylic acids is 1. The standard InChI is InChI=1S/C46H89NO11S.Na/c1-3-5-7-9-11-13-15-17-18-19-20-21-22-24-26-28-30-32-34-36-42(50)47-39(40(49)35-33-31-29-27-25-23-16-14-12-10-8-6-4-2)38-56-46-44(52)45(58-59(53,54)55)43(51)41(37-48)57-46;/h33,35,39-41,43-46,48-49,51-52H,3-32,34,36-38H2,1-2H3,(H,47,50)(H,53,54,55);/q;+1/p-1/b35-33+;/t39-,40+,41+,43-,44+,45-,46+;/m0./s1. The van der Waals surface area contributed by atoms with E-state index in [1.165, 1.54) is 154 Å². The number of nitrogens with one attached hydrogen (secondary N) is 1. The molecule has 0 aromatic rings. The van der Waals surface area contributed by atoms with E-state index in [1.807, 2.05) is 6.08 Å². The summed E-state index contributed by atoms with van der Waals surface area (Å²) in [6, 6.07) is -0.950. The van der Waals surface area contributed by atoms with Gasteiger partial charge in [0.05, 0.1) is 25.4 Å². The monoisotopic (exact) mass is 886 g/mol. The van der Waals surface area contributed by atoms with Crippen molar-refractivity contribution in [3.05, 3.63) is 12.2 Å². The van der Waals surface area contributed by atoms with Gasteiger partial charge in [0.15, 0.2) is 6.29 Å². The molecular weight excluding hydrogens is 798 g/mol. The molecule has 1 heterocycles. The van der Waals surface area contributed by atoms with Gasteiger partial charge >= 0.3 is 29.6 Å². The van der Waals surface area contributed by atoms with E-state index in [4.69, 9.17) is 9.47 Å². The number of allylic oxidation sites excluding steroid dienone is 1. The molecule has 1 amide bonds. The summed E-state index contributed by atoms with van der Waals surface area (Å²) in [5.74, 6) is -0.268. The molecule has 0 aliphatic carbocycles. The second-order valence-electron chi connectivity index (χ2n) is 17.0. The molecule has 0 aromatic heterocycles.